The number of carbonyl (C=O) groups excluding carboxylic acids is 2. The lowest BCUT2D eigenvalue weighted by Crippen LogP contribution is -2.74. The maximum absolute atomic E-state index is 13.8. The summed E-state index contributed by atoms with van der Waals surface area (Å²) in [6, 6.07) is 0. The first-order valence-corrected chi connectivity index (χ1v) is 21.0. The highest BCUT2D eigenvalue weighted by Gasteiger charge is 2.95. The molecule has 0 atom stereocenters. The Labute approximate surface area is 400 Å². The molecule has 0 rings (SSSR count). The number of amides is 2. The number of alkyl halides is 30. The van der Waals surface area contributed by atoms with Crippen molar-refractivity contribution in [2.24, 2.45) is 0 Å². The first-order chi connectivity index (χ1) is 32.6. The van der Waals surface area contributed by atoms with Gasteiger partial charge in [-0.2, -0.15) is 155 Å². The van der Waals surface area contributed by atoms with Crippen LogP contribution in [-0.4, -0.2) is 200 Å². The minimum atomic E-state index is -8.68. The van der Waals surface area contributed by atoms with Crippen molar-refractivity contribution in [3.63, 3.8) is 0 Å². The predicted octanol–water partition coefficient (Wildman–Crippen LogP) is 7.41. The normalized spacial score (nSPS) is 15.2. The summed E-state index contributed by atoms with van der Waals surface area (Å²) >= 11 is 0.200. The lowest BCUT2D eigenvalue weighted by molar-refractivity contribution is -0.461. The Kier molecular flexibility index (Phi) is 24.3. The van der Waals surface area contributed by atoms with Gasteiger partial charge in [0.2, 0.25) is 11.8 Å². The van der Waals surface area contributed by atoms with Crippen LogP contribution in [0.2, 0.25) is 0 Å². The van der Waals surface area contributed by atoms with Crippen molar-refractivity contribution in [2.45, 2.75) is 120 Å². The lowest BCUT2D eigenvalue weighted by atomic mass is 9.88. The van der Waals surface area contributed by atoms with Crippen molar-refractivity contribution in [2.75, 3.05) is 62.7 Å². The summed E-state index contributed by atoms with van der Waals surface area (Å²) in [7, 11) is 0. The number of aliphatic hydroxyl groups excluding tert-OH is 6. The number of thioether (sulfide) groups is 2. The second kappa shape index (κ2) is 24.5. The first-order valence-electron chi connectivity index (χ1n) is 18.7. The number of halogens is 30. The minimum Gasteiger partial charge on any atom is -0.394 e. The number of rotatable bonds is 30. The van der Waals surface area contributed by atoms with Crippen LogP contribution < -0.4 is 10.6 Å². The topological polar surface area (TPSA) is 180 Å². The molecule has 74 heavy (non-hydrogen) atoms. The summed E-state index contributed by atoms with van der Waals surface area (Å²) in [5.74, 6) is -99.9. The van der Waals surface area contributed by atoms with Crippen molar-refractivity contribution in [1.29, 1.82) is 0 Å². The molecule has 0 aromatic heterocycles. The van der Waals surface area contributed by atoms with Crippen molar-refractivity contribution >= 4 is 35.3 Å². The van der Waals surface area contributed by atoms with Gasteiger partial charge in [-0.3, -0.25) is 9.59 Å². The van der Waals surface area contributed by atoms with E-state index >= 15 is 0 Å². The Hall–Kier alpha value is -2.70. The fraction of sp³-hybridized carbons (Fsp3) is 0.938. The molecule has 0 spiro atoms. The number of carbonyl (C=O) groups is 2. The van der Waals surface area contributed by atoms with Gasteiger partial charge in [-0.1, -0.05) is 0 Å². The van der Waals surface area contributed by atoms with E-state index < -0.39 is 195 Å². The van der Waals surface area contributed by atoms with E-state index in [9.17, 15) is 141 Å². The Morgan fingerprint density at radius 1 is 0.297 bits per heavy atom. The van der Waals surface area contributed by atoms with Crippen LogP contribution in [0.5, 0.6) is 0 Å². The molecule has 444 valence electrons. The number of aliphatic hydroxyl groups is 6. The van der Waals surface area contributed by atoms with E-state index in [2.05, 4.69) is 0 Å². The van der Waals surface area contributed by atoms with Crippen molar-refractivity contribution in [3.8, 4) is 0 Å². The smallest absolute Gasteiger partial charge is 0.394 e. The lowest BCUT2D eigenvalue weighted by Gasteiger charge is -2.42. The highest BCUT2D eigenvalue weighted by atomic mass is 32.2. The largest absolute Gasteiger partial charge is 0.460 e. The summed E-state index contributed by atoms with van der Waals surface area (Å²) in [5.41, 5.74) is -3.83. The molecular formula is C32H36F30N2O8S2. The maximum atomic E-state index is 13.8. The van der Waals surface area contributed by atoms with Gasteiger partial charge >= 0.3 is 83.4 Å². The van der Waals surface area contributed by atoms with Crippen molar-refractivity contribution in [1.82, 2.24) is 10.6 Å². The van der Waals surface area contributed by atoms with Gasteiger partial charge in [0.1, 0.15) is 11.1 Å². The Balaban J connectivity index is 0. The van der Waals surface area contributed by atoms with E-state index in [1.807, 2.05) is 10.6 Å². The molecule has 2 amide bonds. The van der Waals surface area contributed by atoms with Crippen LogP contribution in [0.3, 0.4) is 0 Å². The zero-order chi connectivity index (χ0) is 59.9. The molecule has 8 N–H and O–H groups in total. The SMILES string of the molecule is O=C(CCSCCC(F)(F)C(F)(F)C(F)(F)C(F)(F)C(F)(F)C(F)(F)C(F)(F)C(F)(F)F)NC(CO)(CO)CO.O=C(CCSCCC(F)(F)C(F)(F)C(F)(F)C(F)(F)C(F)(F)C(F)(F)F)NC(CO)(CO)CO. The average Bonchev–Trinajstić information content (AvgIpc) is 3.25. The van der Waals surface area contributed by atoms with E-state index in [4.69, 9.17) is 30.6 Å². The second-order valence-electron chi connectivity index (χ2n) is 15.0. The predicted molar refractivity (Wildman–Crippen MR) is 189 cm³/mol. The van der Waals surface area contributed by atoms with Crippen LogP contribution in [0.1, 0.15) is 25.7 Å². The molecule has 0 saturated heterocycles. The average molecular weight is 1210 g/mol. The molecule has 0 aliphatic heterocycles. The van der Waals surface area contributed by atoms with Gasteiger partial charge in [0.25, 0.3) is 0 Å². The van der Waals surface area contributed by atoms with Crippen LogP contribution in [0.4, 0.5) is 132 Å². The van der Waals surface area contributed by atoms with Gasteiger partial charge in [0.05, 0.1) is 39.6 Å². The van der Waals surface area contributed by atoms with E-state index in [0.717, 1.165) is 0 Å². The quantitative estimate of drug-likeness (QED) is 0.0267. The zero-order valence-electron chi connectivity index (χ0n) is 35.6. The van der Waals surface area contributed by atoms with Crippen molar-refractivity contribution < 1.29 is 172 Å². The zero-order valence-corrected chi connectivity index (χ0v) is 37.2. The molecule has 0 bridgehead atoms. The fourth-order valence-corrected chi connectivity index (χ4v) is 6.37. The molecule has 42 heteroatoms. The Morgan fingerprint density at radius 2 is 0.486 bits per heavy atom. The van der Waals surface area contributed by atoms with E-state index in [1.165, 1.54) is 0 Å². The second-order valence-corrected chi connectivity index (χ2v) is 17.4. The molecule has 0 aliphatic carbocycles. The molecule has 0 aliphatic rings. The van der Waals surface area contributed by atoms with Crippen LogP contribution in [0.15, 0.2) is 0 Å². The van der Waals surface area contributed by atoms with Crippen LogP contribution >= 0.6 is 23.5 Å². The molecule has 0 unspecified atom stereocenters. The van der Waals surface area contributed by atoms with Gasteiger partial charge in [-0.25, -0.2) is 0 Å². The molecule has 0 radical (unpaired) electrons. The standard InChI is InChI=1S/C17H18F17NO4S.C15H18F13NO4S/c18-10(19,2-4-40-3-1-8(39)35-9(5-36,6-37)7-38)11(20,21)12(22,23)13(24,25)14(26,27)15(28,29)16(30,31)17(32,33)34;16-10(17,2-4-34-3-1-8(33)29-9(5-30,6-31)7-32)11(18,19)12(20,21)13(22,23)14(24,25)15(26,27)28/h36-38H,1-7H2,(H,35,39);30-32H,1-7H2,(H,29,33). The molecule has 0 aromatic rings. The van der Waals surface area contributed by atoms with E-state index in [-0.39, 0.29) is 23.5 Å². The van der Waals surface area contributed by atoms with Gasteiger partial charge in [-0.05, 0) is 11.5 Å². The first kappa shape index (κ1) is 73.4. The third-order valence-electron chi connectivity index (χ3n) is 9.48. The third kappa shape index (κ3) is 14.1. The fourth-order valence-electron chi connectivity index (χ4n) is 4.50. The number of nitrogens with one attached hydrogen (secondary N) is 2. The number of hydrogen-bond donors (Lipinski definition) is 8. The summed E-state index contributed by atoms with van der Waals surface area (Å²) < 4.78 is 393. The molecule has 0 heterocycles. The summed E-state index contributed by atoms with van der Waals surface area (Å²) in [6.45, 7) is -5.86. The highest BCUT2D eigenvalue weighted by molar-refractivity contribution is 7.99. The summed E-state index contributed by atoms with van der Waals surface area (Å²) in [5, 5.41) is 57.9. The van der Waals surface area contributed by atoms with Crippen LogP contribution in [0.25, 0.3) is 0 Å². The van der Waals surface area contributed by atoms with Gasteiger partial charge in [0.15, 0.2) is 0 Å². The van der Waals surface area contributed by atoms with Crippen LogP contribution in [0, 0.1) is 0 Å². The van der Waals surface area contributed by atoms with E-state index in [0.29, 0.717) is 0 Å². The van der Waals surface area contributed by atoms with E-state index in [1.54, 1.807) is 0 Å². The van der Waals surface area contributed by atoms with Gasteiger partial charge in [0, 0.05) is 37.2 Å². The monoisotopic (exact) mass is 1210 g/mol. The van der Waals surface area contributed by atoms with Crippen LogP contribution in [-0.2, 0) is 9.59 Å². The summed E-state index contributed by atoms with van der Waals surface area (Å²) in [6.07, 6.45) is -21.7. The van der Waals surface area contributed by atoms with Gasteiger partial charge < -0.3 is 41.3 Å². The molecule has 0 saturated carbocycles. The number of hydrogen-bond acceptors (Lipinski definition) is 10. The third-order valence-corrected chi connectivity index (χ3v) is 11.4. The molecule has 0 aromatic carbocycles. The highest BCUT2D eigenvalue weighted by Crippen LogP contribution is 2.65. The van der Waals surface area contributed by atoms with Crippen molar-refractivity contribution in [3.05, 3.63) is 0 Å². The Bertz CT molecular complexity index is 1780. The molecule has 0 fully saturated rings. The maximum Gasteiger partial charge on any atom is 0.460 e. The minimum absolute atomic E-state index is 0.0210. The molecular weight excluding hydrogens is 1170 g/mol. The Morgan fingerprint density at radius 3 is 0.676 bits per heavy atom. The summed E-state index contributed by atoms with van der Waals surface area (Å²) in [4.78, 5) is 23.2. The van der Waals surface area contributed by atoms with Gasteiger partial charge in [-0.15, -0.1) is 0 Å². The molecule has 10 nitrogen and oxygen atoms in total.